The molecule has 0 bridgehead atoms. The van der Waals surface area contributed by atoms with E-state index in [0.29, 0.717) is 6.42 Å². The number of phosphoric acid groups is 2. The van der Waals surface area contributed by atoms with Gasteiger partial charge in [-0.15, -0.1) is 0 Å². The van der Waals surface area contributed by atoms with Gasteiger partial charge in [0.2, 0.25) is 0 Å². The van der Waals surface area contributed by atoms with Crippen molar-refractivity contribution < 1.29 is 32.6 Å². The maximum absolute atomic E-state index is 11.1. The molecule has 0 fully saturated rings. The third-order valence-electron chi connectivity index (χ3n) is 2.46. The molecule has 0 amide bonds. The zero-order valence-electron chi connectivity index (χ0n) is 11.2. The van der Waals surface area contributed by atoms with Crippen molar-refractivity contribution in [3.05, 3.63) is 0 Å². The lowest BCUT2D eigenvalue weighted by atomic mass is 10.1. The Labute approximate surface area is 114 Å². The summed E-state index contributed by atoms with van der Waals surface area (Å²) in [5, 5.41) is 0. The van der Waals surface area contributed by atoms with Gasteiger partial charge in [0.15, 0.2) is 0 Å². The van der Waals surface area contributed by atoms with Gasteiger partial charge in [0.05, 0.1) is 6.61 Å². The summed E-state index contributed by atoms with van der Waals surface area (Å²) in [4.78, 5) is 25.7. The first-order valence-corrected chi connectivity index (χ1v) is 9.53. The summed E-state index contributed by atoms with van der Waals surface area (Å²) in [7, 11) is -9.65. The van der Waals surface area contributed by atoms with Crippen LogP contribution >= 0.6 is 15.6 Å². The average molecular weight is 318 g/mol. The lowest BCUT2D eigenvalue weighted by molar-refractivity contribution is 0.176. The van der Waals surface area contributed by atoms with Crippen molar-refractivity contribution in [2.45, 2.75) is 58.3 Å². The number of phosphoric ester groups is 1. The maximum atomic E-state index is 11.1. The molecule has 116 valence electrons. The van der Waals surface area contributed by atoms with Gasteiger partial charge >= 0.3 is 15.6 Å². The zero-order chi connectivity index (χ0) is 14.8. The first kappa shape index (κ1) is 19.3. The van der Waals surface area contributed by atoms with Gasteiger partial charge in [0.1, 0.15) is 0 Å². The van der Waals surface area contributed by atoms with Crippen molar-refractivity contribution in [1.29, 1.82) is 0 Å². The summed E-state index contributed by atoms with van der Waals surface area (Å²) in [6, 6.07) is 0. The minimum atomic E-state index is -5.00. The van der Waals surface area contributed by atoms with Crippen LogP contribution in [-0.2, 0) is 18.0 Å². The molecule has 0 saturated heterocycles. The van der Waals surface area contributed by atoms with E-state index in [2.05, 4.69) is 15.8 Å². The van der Waals surface area contributed by atoms with Crippen molar-refractivity contribution >= 4 is 15.6 Å². The summed E-state index contributed by atoms with van der Waals surface area (Å²) in [5.41, 5.74) is 0. The Morgan fingerprint density at radius 2 is 1.32 bits per heavy atom. The lowest BCUT2D eigenvalue weighted by Crippen LogP contribution is -1.96. The van der Waals surface area contributed by atoms with Crippen LogP contribution in [0.15, 0.2) is 0 Å². The van der Waals surface area contributed by atoms with Crippen LogP contribution in [0.3, 0.4) is 0 Å². The third kappa shape index (κ3) is 14.5. The van der Waals surface area contributed by atoms with Gasteiger partial charge in [-0.05, 0) is 6.42 Å². The van der Waals surface area contributed by atoms with Crippen molar-refractivity contribution in [3.8, 4) is 0 Å². The van der Waals surface area contributed by atoms with Crippen LogP contribution in [0.1, 0.15) is 58.3 Å². The normalized spacial score (nSPS) is 15.4. The molecule has 1 atom stereocenters. The maximum Gasteiger partial charge on any atom is 0.481 e. The Hall–Kier alpha value is 0.260. The smallest absolute Gasteiger partial charge is 0.302 e. The largest absolute Gasteiger partial charge is 0.481 e. The summed E-state index contributed by atoms with van der Waals surface area (Å²) in [5.74, 6) is 0. The Morgan fingerprint density at radius 3 is 1.79 bits per heavy atom. The second-order valence-corrected chi connectivity index (χ2v) is 7.18. The van der Waals surface area contributed by atoms with E-state index in [0.717, 1.165) is 19.3 Å². The topological polar surface area (TPSA) is 113 Å². The predicted octanol–water partition coefficient (Wildman–Crippen LogP) is 3.35. The molecular formula is C10H24O7P2. The van der Waals surface area contributed by atoms with Gasteiger partial charge in [-0.2, -0.15) is 4.31 Å². The second-order valence-electron chi connectivity index (χ2n) is 4.35. The molecule has 0 aliphatic carbocycles. The predicted molar refractivity (Wildman–Crippen MR) is 71.5 cm³/mol. The van der Waals surface area contributed by atoms with Crippen LogP contribution < -0.4 is 0 Å². The highest BCUT2D eigenvalue weighted by atomic mass is 31.3. The van der Waals surface area contributed by atoms with Crippen LogP contribution in [0.25, 0.3) is 0 Å². The number of unbranched alkanes of at least 4 members (excludes halogenated alkanes) is 7. The lowest BCUT2D eigenvalue weighted by Gasteiger charge is -2.12. The molecule has 0 aliphatic rings. The Kier molecular flexibility index (Phi) is 10.2. The third-order valence-corrected chi connectivity index (χ3v) is 4.65. The molecule has 1 unspecified atom stereocenters. The standard InChI is InChI=1S/C10H24O7P2/c1-2-3-4-5-6-7-8-9-10-16-19(14,15)17-18(11,12)13/h2-10H2,1H3,(H,14,15)(H2,11,12,13). The molecule has 3 N–H and O–H groups in total. The van der Waals surface area contributed by atoms with Gasteiger partial charge < -0.3 is 14.7 Å². The summed E-state index contributed by atoms with van der Waals surface area (Å²) < 4.78 is 29.5. The van der Waals surface area contributed by atoms with Gasteiger partial charge in [-0.1, -0.05) is 51.9 Å². The average Bonchev–Trinajstić information content (AvgIpc) is 2.23. The van der Waals surface area contributed by atoms with Crippen LogP contribution in [0.2, 0.25) is 0 Å². The number of hydrogen-bond acceptors (Lipinski definition) is 4. The Balaban J connectivity index is 3.48. The molecule has 19 heavy (non-hydrogen) atoms. The van der Waals surface area contributed by atoms with E-state index >= 15 is 0 Å². The SMILES string of the molecule is CCCCCCCCCCOP(=O)(O)OP(=O)(O)O. The summed E-state index contributed by atoms with van der Waals surface area (Å²) in [6.45, 7) is 2.10. The molecule has 0 rings (SSSR count). The fraction of sp³-hybridized carbons (Fsp3) is 1.00. The first-order valence-electron chi connectivity index (χ1n) is 6.51. The minimum absolute atomic E-state index is 0.0528. The van der Waals surface area contributed by atoms with E-state index < -0.39 is 15.6 Å². The minimum Gasteiger partial charge on any atom is -0.302 e. The van der Waals surface area contributed by atoms with Crippen molar-refractivity contribution in [2.75, 3.05) is 6.61 Å². The fourth-order valence-electron chi connectivity index (χ4n) is 1.57. The van der Waals surface area contributed by atoms with Gasteiger partial charge in [0.25, 0.3) is 0 Å². The van der Waals surface area contributed by atoms with E-state index in [1.54, 1.807) is 0 Å². The van der Waals surface area contributed by atoms with E-state index in [4.69, 9.17) is 14.7 Å². The van der Waals surface area contributed by atoms with Crippen molar-refractivity contribution in [3.63, 3.8) is 0 Å². The quantitative estimate of drug-likeness (QED) is 0.373. The van der Waals surface area contributed by atoms with Gasteiger partial charge in [0, 0.05) is 0 Å². The van der Waals surface area contributed by atoms with E-state index in [1.165, 1.54) is 25.7 Å². The second kappa shape index (κ2) is 10.1. The molecule has 9 heteroatoms. The van der Waals surface area contributed by atoms with E-state index in [9.17, 15) is 9.13 Å². The number of hydrogen-bond donors (Lipinski definition) is 3. The number of rotatable bonds is 12. The Morgan fingerprint density at radius 1 is 0.842 bits per heavy atom. The van der Waals surface area contributed by atoms with Gasteiger partial charge in [-0.25, -0.2) is 9.13 Å². The molecular weight excluding hydrogens is 294 g/mol. The first-order chi connectivity index (χ1) is 8.77. The molecule has 0 heterocycles. The van der Waals surface area contributed by atoms with Crippen LogP contribution in [0, 0.1) is 0 Å². The molecule has 0 radical (unpaired) electrons. The Bertz CT molecular complexity index is 315. The molecule has 7 nitrogen and oxygen atoms in total. The molecule has 0 aromatic rings. The highest BCUT2D eigenvalue weighted by Gasteiger charge is 2.31. The molecule has 0 aromatic heterocycles. The molecule has 0 saturated carbocycles. The molecule has 0 aromatic carbocycles. The van der Waals surface area contributed by atoms with Gasteiger partial charge in [-0.3, -0.25) is 4.52 Å². The van der Waals surface area contributed by atoms with Crippen LogP contribution in [0.5, 0.6) is 0 Å². The van der Waals surface area contributed by atoms with Crippen molar-refractivity contribution in [2.24, 2.45) is 0 Å². The monoisotopic (exact) mass is 318 g/mol. The summed E-state index contributed by atoms with van der Waals surface area (Å²) >= 11 is 0. The highest BCUT2D eigenvalue weighted by molar-refractivity contribution is 7.60. The van der Waals surface area contributed by atoms with Crippen molar-refractivity contribution in [1.82, 2.24) is 0 Å². The highest BCUT2D eigenvalue weighted by Crippen LogP contribution is 2.57. The van der Waals surface area contributed by atoms with E-state index in [-0.39, 0.29) is 6.61 Å². The molecule has 0 aliphatic heterocycles. The molecule has 0 spiro atoms. The van der Waals surface area contributed by atoms with E-state index in [1.807, 2.05) is 0 Å². The van der Waals surface area contributed by atoms with Crippen LogP contribution in [0.4, 0.5) is 0 Å². The zero-order valence-corrected chi connectivity index (χ0v) is 13.0. The van der Waals surface area contributed by atoms with Crippen LogP contribution in [-0.4, -0.2) is 21.3 Å². The summed E-state index contributed by atoms with van der Waals surface area (Å²) in [6.07, 6.45) is 8.42. The fourth-order valence-corrected chi connectivity index (χ4v) is 3.20.